The van der Waals surface area contributed by atoms with Crippen molar-refractivity contribution in [3.05, 3.63) is 71.6 Å². The lowest BCUT2D eigenvalue weighted by atomic mass is 9.82. The average Bonchev–Trinajstić information content (AvgIpc) is 4.14. The summed E-state index contributed by atoms with van der Waals surface area (Å²) in [4.78, 5) is 73.3. The summed E-state index contributed by atoms with van der Waals surface area (Å²) in [5.41, 5.74) is 9.18. The summed E-state index contributed by atoms with van der Waals surface area (Å²) in [5, 5.41) is 5.52. The lowest BCUT2D eigenvalue weighted by Gasteiger charge is -2.30. The maximum absolute atomic E-state index is 14.1. The van der Waals surface area contributed by atoms with Crippen LogP contribution in [-0.4, -0.2) is 93.1 Å². The van der Waals surface area contributed by atoms with Crippen molar-refractivity contribution in [1.29, 1.82) is 0 Å². The van der Waals surface area contributed by atoms with Gasteiger partial charge in [0.15, 0.2) is 0 Å². The molecule has 348 valence electrons. The number of aromatic amines is 2. The number of methoxy groups -OCH3 is 2. The molecule has 0 bridgehead atoms. The van der Waals surface area contributed by atoms with Crippen molar-refractivity contribution in [2.24, 2.45) is 28.1 Å². The zero-order chi connectivity index (χ0) is 46.6. The van der Waals surface area contributed by atoms with Gasteiger partial charge in [-0.2, -0.15) is 0 Å². The number of hydrogen-bond donors (Lipinski definition) is 4. The summed E-state index contributed by atoms with van der Waals surface area (Å²) < 4.78 is 9.71. The van der Waals surface area contributed by atoms with E-state index in [0.29, 0.717) is 13.1 Å². The molecule has 4 aliphatic rings. The Balaban J connectivity index is 1.06. The predicted molar refractivity (Wildman–Crippen MR) is 249 cm³/mol. The highest BCUT2D eigenvalue weighted by Crippen LogP contribution is 2.53. The van der Waals surface area contributed by atoms with Gasteiger partial charge in [-0.25, -0.2) is 19.6 Å². The van der Waals surface area contributed by atoms with E-state index in [2.05, 4.69) is 84.7 Å². The number of alkyl carbamates (subject to hydrolysis) is 2. The molecule has 8 rings (SSSR count). The molecule has 2 aliphatic heterocycles. The number of rotatable bonds is 11. The zero-order valence-corrected chi connectivity index (χ0v) is 39.9. The summed E-state index contributed by atoms with van der Waals surface area (Å²) in [6, 6.07) is 11.2. The van der Waals surface area contributed by atoms with Crippen molar-refractivity contribution in [1.82, 2.24) is 40.4 Å². The number of imidazole rings is 2. The van der Waals surface area contributed by atoms with Crippen LogP contribution in [0.5, 0.6) is 0 Å². The van der Waals surface area contributed by atoms with Crippen molar-refractivity contribution >= 4 is 24.0 Å². The van der Waals surface area contributed by atoms with E-state index in [1.807, 2.05) is 49.9 Å². The molecule has 4 amide bonds. The quantitative estimate of drug-likeness (QED) is 0.115. The van der Waals surface area contributed by atoms with Gasteiger partial charge in [-0.1, -0.05) is 105 Å². The predicted octanol–water partition coefficient (Wildman–Crippen LogP) is 9.15. The summed E-state index contributed by atoms with van der Waals surface area (Å²) >= 11 is 0. The topological polar surface area (TPSA) is 175 Å². The normalized spacial score (nSPS) is 21.5. The molecule has 2 aliphatic carbocycles. The van der Waals surface area contributed by atoms with Crippen LogP contribution in [0.3, 0.4) is 0 Å². The summed E-state index contributed by atoms with van der Waals surface area (Å²) in [7, 11) is 2.61. The number of benzene rings is 2. The van der Waals surface area contributed by atoms with Crippen LogP contribution >= 0.6 is 0 Å². The van der Waals surface area contributed by atoms with E-state index in [1.165, 1.54) is 62.2 Å². The van der Waals surface area contributed by atoms with Gasteiger partial charge in [0.1, 0.15) is 23.7 Å². The van der Waals surface area contributed by atoms with Crippen molar-refractivity contribution in [3.8, 4) is 33.6 Å². The second-order valence-corrected chi connectivity index (χ2v) is 21.5. The van der Waals surface area contributed by atoms with Crippen LogP contribution in [0.1, 0.15) is 129 Å². The first-order valence-electron chi connectivity index (χ1n) is 23.5. The lowest BCUT2D eigenvalue weighted by molar-refractivity contribution is -0.136. The monoisotopic (exact) mass is 889 g/mol. The molecule has 4 atom stereocenters. The van der Waals surface area contributed by atoms with Crippen LogP contribution < -0.4 is 10.6 Å². The van der Waals surface area contributed by atoms with Gasteiger partial charge < -0.3 is 39.9 Å². The number of ether oxygens (including phenoxy) is 2. The van der Waals surface area contributed by atoms with E-state index in [4.69, 9.17) is 19.4 Å². The van der Waals surface area contributed by atoms with E-state index >= 15 is 0 Å². The summed E-state index contributed by atoms with van der Waals surface area (Å²) in [5.74, 6) is 0.963. The highest BCUT2D eigenvalue weighted by atomic mass is 16.5. The molecule has 14 heteroatoms. The summed E-state index contributed by atoms with van der Waals surface area (Å²) in [6.45, 7) is 17.5. The Labute approximate surface area is 383 Å². The Kier molecular flexibility index (Phi) is 12.4. The molecule has 1 spiro atoms. The molecule has 0 radical (unpaired) electrons. The Hall–Kier alpha value is -5.66. The van der Waals surface area contributed by atoms with Gasteiger partial charge in [0, 0.05) is 18.7 Å². The Morgan fingerprint density at radius 1 is 0.646 bits per heavy atom. The van der Waals surface area contributed by atoms with Crippen molar-refractivity contribution in [2.75, 3.05) is 27.3 Å². The third-order valence-corrected chi connectivity index (χ3v) is 14.6. The molecule has 4 N–H and O–H groups in total. The molecule has 2 aromatic carbocycles. The minimum absolute atomic E-state index is 0.126. The third-order valence-electron chi connectivity index (χ3n) is 14.6. The number of likely N-dealkylation sites (tertiary alicyclic amines) is 2. The highest BCUT2D eigenvalue weighted by molar-refractivity contribution is 5.87. The first-order valence-corrected chi connectivity index (χ1v) is 23.5. The van der Waals surface area contributed by atoms with Crippen LogP contribution in [-0.2, 0) is 31.9 Å². The average molecular weight is 889 g/mol. The number of nitrogens with zero attached hydrogens (tertiary/aromatic N) is 4. The largest absolute Gasteiger partial charge is 0.453 e. The number of hydrogen-bond acceptors (Lipinski definition) is 8. The maximum Gasteiger partial charge on any atom is 0.407 e. The van der Waals surface area contributed by atoms with Crippen LogP contribution in [0.25, 0.3) is 33.6 Å². The molecule has 2 aromatic heterocycles. The second-order valence-electron chi connectivity index (χ2n) is 21.5. The second kappa shape index (κ2) is 17.6. The number of amides is 4. The number of carbonyl (C=O) groups is 4. The molecule has 2 saturated heterocycles. The fourth-order valence-corrected chi connectivity index (χ4v) is 11.3. The maximum atomic E-state index is 14.1. The molecule has 3 fully saturated rings. The van der Waals surface area contributed by atoms with E-state index in [-0.39, 0.29) is 52.0 Å². The molecule has 65 heavy (non-hydrogen) atoms. The van der Waals surface area contributed by atoms with E-state index in [9.17, 15) is 19.2 Å². The van der Waals surface area contributed by atoms with Gasteiger partial charge >= 0.3 is 12.2 Å². The van der Waals surface area contributed by atoms with Crippen molar-refractivity contribution < 1.29 is 28.7 Å². The van der Waals surface area contributed by atoms with Crippen LogP contribution in [0.2, 0.25) is 0 Å². The standard InChI is InChI=1S/C51H68N8O6/c1-29(2)41(56-47(62)64-9)45(60)58-27-49(5,6)23-39(58)43-52-25-37(54-43)32-15-13-31(14-16-32)33-17-18-34(36-22-51(21-35(33)36)19-11-12-20-51)38-26-53-44(55-38)40-24-50(7,8)28-59(40)46(61)42(30(3)4)57-48(63)65-10/h13-18,25-26,29-30,39-42H,11-12,19-24,27-28H2,1-10H3,(H,52,54)(H,53,55)(H,56,62)(H,57,63)/t39-,40?,41-,42?/m0/s1. The van der Waals surface area contributed by atoms with Crippen molar-refractivity contribution in [2.45, 2.75) is 131 Å². The smallest absolute Gasteiger partial charge is 0.407 e. The molecular formula is C51H68N8O6. The van der Waals surface area contributed by atoms with Gasteiger partial charge in [-0.3, -0.25) is 9.59 Å². The molecular weight excluding hydrogens is 821 g/mol. The first-order chi connectivity index (χ1) is 30.8. The van der Waals surface area contributed by atoms with Gasteiger partial charge in [-0.05, 0) is 94.4 Å². The Morgan fingerprint density at radius 3 is 1.55 bits per heavy atom. The fraction of sp³-hybridized carbons (Fsp3) is 0.569. The fourth-order valence-electron chi connectivity index (χ4n) is 11.3. The first kappa shape index (κ1) is 45.9. The zero-order valence-electron chi connectivity index (χ0n) is 39.9. The molecule has 4 heterocycles. The Bertz CT molecular complexity index is 2430. The molecule has 2 unspecified atom stereocenters. The van der Waals surface area contributed by atoms with E-state index in [1.54, 1.807) is 0 Å². The minimum Gasteiger partial charge on any atom is -0.453 e. The molecule has 4 aromatic rings. The number of H-pyrrole nitrogens is 2. The van der Waals surface area contributed by atoms with Crippen LogP contribution in [0.15, 0.2) is 48.8 Å². The minimum atomic E-state index is -0.716. The number of fused-ring (bicyclic) bond motifs is 1. The van der Waals surface area contributed by atoms with Crippen molar-refractivity contribution in [3.63, 3.8) is 0 Å². The molecule has 14 nitrogen and oxygen atoms in total. The Morgan fingerprint density at radius 2 is 1.08 bits per heavy atom. The van der Waals surface area contributed by atoms with Gasteiger partial charge in [-0.15, -0.1) is 0 Å². The van der Waals surface area contributed by atoms with Crippen LogP contribution in [0.4, 0.5) is 9.59 Å². The van der Waals surface area contributed by atoms with Gasteiger partial charge in [0.2, 0.25) is 11.8 Å². The number of carbonyl (C=O) groups excluding carboxylic acids is 4. The van der Waals surface area contributed by atoms with Gasteiger partial charge in [0.25, 0.3) is 0 Å². The lowest BCUT2D eigenvalue weighted by Crippen LogP contribution is -2.51. The SMILES string of the molecule is COC(=O)NC(C(=O)N1CC(C)(C)CC1c1ncc(-c2ccc(-c3ccc(-c4cnc([C@@H]5CC(C)(C)CN5C(=O)[C@@H](NC(=O)OC)C(C)C)[nH]4)cc3)c3c2CC2(CCCC2)C3)[nH]1)C(C)C. The third kappa shape index (κ3) is 9.14. The van der Waals surface area contributed by atoms with Crippen LogP contribution in [0, 0.1) is 28.1 Å². The highest BCUT2D eigenvalue weighted by Gasteiger charge is 2.47. The van der Waals surface area contributed by atoms with E-state index in [0.717, 1.165) is 59.8 Å². The molecule has 1 saturated carbocycles. The summed E-state index contributed by atoms with van der Waals surface area (Å²) in [6.07, 6.45) is 11.1. The van der Waals surface area contributed by atoms with Gasteiger partial charge in [0.05, 0.1) is 50.1 Å². The number of nitrogens with one attached hydrogen (secondary N) is 4. The number of aromatic nitrogens is 4. The van der Waals surface area contributed by atoms with E-state index < -0.39 is 24.3 Å².